The molecule has 0 radical (unpaired) electrons. The summed E-state index contributed by atoms with van der Waals surface area (Å²) in [6.07, 6.45) is 1.38. The molecule has 0 unspecified atom stereocenters. The first kappa shape index (κ1) is 19.2. The lowest BCUT2D eigenvalue weighted by Gasteiger charge is -2.41. The van der Waals surface area contributed by atoms with Crippen LogP contribution in [0.1, 0.15) is 39.2 Å². The monoisotopic (exact) mass is 401 g/mol. The number of ether oxygens (including phenoxy) is 1. The molecule has 2 rings (SSSR count). The van der Waals surface area contributed by atoms with Gasteiger partial charge in [-0.15, -0.1) is 0 Å². The van der Waals surface area contributed by atoms with Crippen LogP contribution < -0.4 is 0 Å². The van der Waals surface area contributed by atoms with E-state index in [2.05, 4.69) is 15.9 Å². The zero-order valence-corrected chi connectivity index (χ0v) is 16.0. The van der Waals surface area contributed by atoms with Crippen LogP contribution in [0.5, 0.6) is 0 Å². The quantitative estimate of drug-likeness (QED) is 0.827. The second-order valence-electron chi connectivity index (χ2n) is 7.54. The van der Waals surface area contributed by atoms with Gasteiger partial charge in [-0.1, -0.05) is 22.0 Å². The van der Waals surface area contributed by atoms with Crippen LogP contribution in [0, 0.1) is 11.2 Å². The van der Waals surface area contributed by atoms with Crippen LogP contribution in [0.4, 0.5) is 9.18 Å². The third kappa shape index (κ3) is 4.93. The Kier molecular flexibility index (Phi) is 5.91. The van der Waals surface area contributed by atoms with Crippen molar-refractivity contribution in [2.24, 2.45) is 5.41 Å². The topological polar surface area (TPSA) is 49.8 Å². The van der Waals surface area contributed by atoms with Gasteiger partial charge in [-0.05, 0) is 57.7 Å². The summed E-state index contributed by atoms with van der Waals surface area (Å²) in [5.74, 6) is -0.272. The summed E-state index contributed by atoms with van der Waals surface area (Å²) in [5.41, 5.74) is -0.325. The van der Waals surface area contributed by atoms with Gasteiger partial charge in [0.15, 0.2) is 0 Å². The molecule has 134 valence electrons. The molecule has 0 spiro atoms. The van der Waals surface area contributed by atoms with Crippen molar-refractivity contribution in [3.8, 4) is 0 Å². The molecular formula is C18H25BrFNO3. The van der Waals surface area contributed by atoms with E-state index in [9.17, 15) is 14.3 Å². The molecule has 1 aliphatic rings. The maximum Gasteiger partial charge on any atom is 0.410 e. The minimum absolute atomic E-state index is 0.0232. The van der Waals surface area contributed by atoms with Crippen molar-refractivity contribution in [1.82, 2.24) is 4.90 Å². The molecule has 0 atom stereocenters. The highest BCUT2D eigenvalue weighted by molar-refractivity contribution is 9.10. The van der Waals surface area contributed by atoms with Gasteiger partial charge in [-0.3, -0.25) is 0 Å². The summed E-state index contributed by atoms with van der Waals surface area (Å²) in [6.45, 7) is 6.50. The van der Waals surface area contributed by atoms with E-state index in [1.165, 1.54) is 6.07 Å². The fourth-order valence-electron chi connectivity index (χ4n) is 2.95. The second-order valence-corrected chi connectivity index (χ2v) is 8.45. The van der Waals surface area contributed by atoms with Gasteiger partial charge in [-0.2, -0.15) is 0 Å². The minimum atomic E-state index is -0.525. The molecule has 1 heterocycles. The standard InChI is InChI=1S/C18H25BrFNO3/c1-17(2,3)24-16(23)21-8-6-18(12-22,7-9-21)11-13-4-5-14(19)10-15(13)20/h4-5,10,22H,6-9,11-12H2,1-3H3. The van der Waals surface area contributed by atoms with Crippen molar-refractivity contribution in [3.63, 3.8) is 0 Å². The number of benzene rings is 1. The minimum Gasteiger partial charge on any atom is -0.444 e. The second kappa shape index (κ2) is 7.40. The first-order valence-corrected chi connectivity index (χ1v) is 8.96. The molecule has 1 aromatic carbocycles. The number of carbonyl (C=O) groups excluding carboxylic acids is 1. The van der Waals surface area contributed by atoms with Gasteiger partial charge in [0, 0.05) is 29.6 Å². The molecule has 1 aromatic rings. The lowest BCUT2D eigenvalue weighted by molar-refractivity contribution is -0.000372. The highest BCUT2D eigenvalue weighted by Crippen LogP contribution is 2.36. The van der Waals surface area contributed by atoms with E-state index in [0.717, 1.165) is 0 Å². The van der Waals surface area contributed by atoms with E-state index in [0.29, 0.717) is 42.4 Å². The molecule has 1 saturated heterocycles. The summed E-state index contributed by atoms with van der Waals surface area (Å²) < 4.78 is 20.2. The van der Waals surface area contributed by atoms with E-state index in [1.54, 1.807) is 17.0 Å². The van der Waals surface area contributed by atoms with Crippen molar-refractivity contribution in [1.29, 1.82) is 0 Å². The smallest absolute Gasteiger partial charge is 0.410 e. The average molecular weight is 402 g/mol. The zero-order valence-electron chi connectivity index (χ0n) is 14.4. The molecule has 24 heavy (non-hydrogen) atoms. The number of nitrogens with zero attached hydrogens (tertiary/aromatic N) is 1. The SMILES string of the molecule is CC(C)(C)OC(=O)N1CCC(CO)(Cc2ccc(Br)cc2F)CC1. The predicted octanol–water partition coefficient (Wildman–Crippen LogP) is 4.14. The van der Waals surface area contributed by atoms with Crippen LogP contribution in [-0.4, -0.2) is 41.4 Å². The van der Waals surface area contributed by atoms with Gasteiger partial charge >= 0.3 is 6.09 Å². The molecular weight excluding hydrogens is 377 g/mol. The summed E-state index contributed by atoms with van der Waals surface area (Å²) in [7, 11) is 0. The van der Waals surface area contributed by atoms with E-state index in [-0.39, 0.29) is 18.5 Å². The number of carbonyl (C=O) groups is 1. The average Bonchev–Trinajstić information content (AvgIpc) is 2.49. The van der Waals surface area contributed by atoms with Gasteiger partial charge in [0.1, 0.15) is 11.4 Å². The number of hydrogen-bond donors (Lipinski definition) is 1. The number of rotatable bonds is 3. The van der Waals surface area contributed by atoms with Crippen LogP contribution >= 0.6 is 15.9 Å². The number of amides is 1. The molecule has 1 N–H and O–H groups in total. The molecule has 0 bridgehead atoms. The first-order valence-electron chi connectivity index (χ1n) is 8.17. The first-order chi connectivity index (χ1) is 11.1. The summed E-state index contributed by atoms with van der Waals surface area (Å²) in [5, 5.41) is 9.89. The van der Waals surface area contributed by atoms with Gasteiger partial charge in [0.2, 0.25) is 0 Å². The normalized spacial score (nSPS) is 17.7. The fourth-order valence-corrected chi connectivity index (χ4v) is 3.28. The maximum absolute atomic E-state index is 14.1. The van der Waals surface area contributed by atoms with Crippen LogP contribution in [0.2, 0.25) is 0 Å². The lowest BCUT2D eigenvalue weighted by atomic mass is 9.74. The molecule has 0 saturated carbocycles. The third-order valence-electron chi connectivity index (χ3n) is 4.39. The van der Waals surface area contributed by atoms with Crippen LogP contribution in [0.3, 0.4) is 0 Å². The molecule has 6 heteroatoms. The number of aliphatic hydroxyl groups is 1. The van der Waals surface area contributed by atoms with E-state index >= 15 is 0 Å². The highest BCUT2D eigenvalue weighted by Gasteiger charge is 2.37. The van der Waals surface area contributed by atoms with Gasteiger partial charge < -0.3 is 14.7 Å². The summed E-state index contributed by atoms with van der Waals surface area (Å²) >= 11 is 3.25. The zero-order chi connectivity index (χ0) is 18.0. The third-order valence-corrected chi connectivity index (χ3v) is 4.89. The Morgan fingerprint density at radius 2 is 2.00 bits per heavy atom. The molecule has 1 fully saturated rings. The molecule has 1 aliphatic heterocycles. The van der Waals surface area contributed by atoms with Gasteiger partial charge in [-0.25, -0.2) is 9.18 Å². The highest BCUT2D eigenvalue weighted by atomic mass is 79.9. The van der Waals surface area contributed by atoms with E-state index < -0.39 is 11.0 Å². The number of likely N-dealkylation sites (tertiary alicyclic amines) is 1. The Balaban J connectivity index is 2.02. The van der Waals surface area contributed by atoms with Crippen molar-refractivity contribution in [2.45, 2.75) is 45.6 Å². The van der Waals surface area contributed by atoms with Gasteiger partial charge in [0.25, 0.3) is 0 Å². The van der Waals surface area contributed by atoms with Crippen molar-refractivity contribution >= 4 is 22.0 Å². The molecule has 1 amide bonds. The summed E-state index contributed by atoms with van der Waals surface area (Å²) in [4.78, 5) is 13.8. The van der Waals surface area contributed by atoms with E-state index in [1.807, 2.05) is 20.8 Å². The Bertz CT molecular complexity index is 592. The number of halogens is 2. The number of piperidine rings is 1. The Morgan fingerprint density at radius 1 is 1.38 bits per heavy atom. The molecule has 0 aliphatic carbocycles. The molecule has 4 nitrogen and oxygen atoms in total. The van der Waals surface area contributed by atoms with Gasteiger partial charge in [0.05, 0.1) is 0 Å². The Hall–Kier alpha value is -1.14. The van der Waals surface area contributed by atoms with Crippen molar-refractivity contribution in [2.75, 3.05) is 19.7 Å². The van der Waals surface area contributed by atoms with E-state index in [4.69, 9.17) is 4.74 Å². The number of aliphatic hydroxyl groups excluding tert-OH is 1. The van der Waals surface area contributed by atoms with Crippen molar-refractivity contribution in [3.05, 3.63) is 34.1 Å². The fraction of sp³-hybridized carbons (Fsp3) is 0.611. The van der Waals surface area contributed by atoms with Crippen LogP contribution in [0.25, 0.3) is 0 Å². The summed E-state index contributed by atoms with van der Waals surface area (Å²) in [6, 6.07) is 4.99. The predicted molar refractivity (Wildman–Crippen MR) is 94.4 cm³/mol. The molecule has 0 aromatic heterocycles. The number of hydrogen-bond acceptors (Lipinski definition) is 3. The Labute approximate surface area is 151 Å². The van der Waals surface area contributed by atoms with Crippen LogP contribution in [-0.2, 0) is 11.2 Å². The maximum atomic E-state index is 14.1. The largest absolute Gasteiger partial charge is 0.444 e. The van der Waals surface area contributed by atoms with Crippen LogP contribution in [0.15, 0.2) is 22.7 Å². The lowest BCUT2D eigenvalue weighted by Crippen LogP contribution is -2.47. The van der Waals surface area contributed by atoms with Crippen molar-refractivity contribution < 1.29 is 19.0 Å². The Morgan fingerprint density at radius 3 is 2.50 bits per heavy atom.